The fourth-order valence-corrected chi connectivity index (χ4v) is 6.94. The molecular weight excluding hydrogens is 531 g/mol. The summed E-state index contributed by atoms with van der Waals surface area (Å²) in [5, 5.41) is 8.08. The van der Waals surface area contributed by atoms with Crippen LogP contribution >= 0.6 is 9.24 Å². The lowest BCUT2D eigenvalue weighted by atomic mass is 10.0. The fourth-order valence-electron chi connectivity index (χ4n) is 6.52. The minimum atomic E-state index is 0.354. The molecule has 1 atom stereocenters. The number of piperazine rings is 1. The van der Waals surface area contributed by atoms with E-state index in [2.05, 4.69) is 66.7 Å². The molecule has 0 aliphatic carbocycles. The van der Waals surface area contributed by atoms with Gasteiger partial charge in [-0.25, -0.2) is 15.0 Å². The van der Waals surface area contributed by atoms with Gasteiger partial charge in [-0.3, -0.25) is 4.90 Å². The van der Waals surface area contributed by atoms with E-state index in [1.807, 2.05) is 13.2 Å². The highest BCUT2D eigenvalue weighted by Gasteiger charge is 2.27. The van der Waals surface area contributed by atoms with E-state index >= 15 is 0 Å². The minimum absolute atomic E-state index is 0.354. The lowest BCUT2D eigenvalue weighted by Gasteiger charge is -2.42. The van der Waals surface area contributed by atoms with Crippen LogP contribution in [0.15, 0.2) is 24.4 Å². The smallest absolute Gasteiger partial charge is 0.153 e. The lowest BCUT2D eigenvalue weighted by Crippen LogP contribution is -2.52. The molecule has 5 heterocycles. The van der Waals surface area contributed by atoms with Gasteiger partial charge in [-0.2, -0.15) is 0 Å². The third-order valence-corrected chi connectivity index (χ3v) is 9.59. The van der Waals surface area contributed by atoms with Gasteiger partial charge in [0.25, 0.3) is 0 Å². The first-order valence-electron chi connectivity index (χ1n) is 15.3. The first kappa shape index (κ1) is 28.5. The van der Waals surface area contributed by atoms with Gasteiger partial charge in [-0.1, -0.05) is 13.0 Å². The summed E-state index contributed by atoms with van der Waals surface area (Å²) in [5.74, 6) is 1.64. The van der Waals surface area contributed by atoms with Crippen LogP contribution in [0.3, 0.4) is 0 Å². The van der Waals surface area contributed by atoms with Crippen molar-refractivity contribution >= 4 is 42.9 Å². The summed E-state index contributed by atoms with van der Waals surface area (Å²) in [6.45, 7) is 10.7. The second-order valence-electron chi connectivity index (χ2n) is 11.7. The van der Waals surface area contributed by atoms with E-state index in [0.717, 1.165) is 90.4 Å². The van der Waals surface area contributed by atoms with E-state index in [9.17, 15) is 0 Å². The topological polar surface area (TPSA) is 81.7 Å². The summed E-state index contributed by atoms with van der Waals surface area (Å²) in [6.07, 6.45) is 7.18. The van der Waals surface area contributed by atoms with Crippen LogP contribution in [0.1, 0.15) is 38.3 Å². The lowest BCUT2D eigenvalue weighted by molar-refractivity contribution is 0.0903. The molecule has 1 unspecified atom stereocenters. The van der Waals surface area contributed by atoms with E-state index in [0.29, 0.717) is 12.1 Å². The Kier molecular flexibility index (Phi) is 8.87. The first-order valence-corrected chi connectivity index (χ1v) is 15.9. The molecule has 3 fully saturated rings. The van der Waals surface area contributed by atoms with E-state index in [4.69, 9.17) is 19.7 Å². The fraction of sp³-hybridized carbons (Fsp3) is 0.581. The van der Waals surface area contributed by atoms with Crippen molar-refractivity contribution in [3.05, 3.63) is 30.1 Å². The molecule has 0 bridgehead atoms. The normalized spacial score (nSPS) is 20.0. The van der Waals surface area contributed by atoms with Gasteiger partial charge in [0.05, 0.1) is 5.69 Å². The van der Waals surface area contributed by atoms with Gasteiger partial charge in [0.2, 0.25) is 0 Å². The van der Waals surface area contributed by atoms with Crippen molar-refractivity contribution in [1.29, 1.82) is 0 Å². The van der Waals surface area contributed by atoms with Gasteiger partial charge >= 0.3 is 0 Å². The summed E-state index contributed by atoms with van der Waals surface area (Å²) in [6, 6.07) is 7.88. The maximum absolute atomic E-state index is 5.57. The Bertz CT molecular complexity index is 1350. The number of ether oxygens (including phenoxy) is 1. The van der Waals surface area contributed by atoms with Crippen LogP contribution in [0.5, 0.6) is 0 Å². The van der Waals surface area contributed by atoms with Crippen LogP contribution < -0.4 is 20.8 Å². The molecule has 3 saturated heterocycles. The number of anilines is 3. The monoisotopic (exact) mass is 576 g/mol. The van der Waals surface area contributed by atoms with Crippen molar-refractivity contribution < 1.29 is 4.74 Å². The van der Waals surface area contributed by atoms with Crippen molar-refractivity contribution in [1.82, 2.24) is 24.8 Å². The van der Waals surface area contributed by atoms with Crippen LogP contribution in [0, 0.1) is 0 Å². The molecular formula is C31H45N8OP. The molecule has 3 aliphatic heterocycles. The van der Waals surface area contributed by atoms with E-state index in [-0.39, 0.29) is 0 Å². The minimum Gasteiger partial charge on any atom is -0.381 e. The zero-order chi connectivity index (χ0) is 28.3. The number of aryl methyl sites for hydroxylation is 1. The number of likely N-dealkylation sites (N-methyl/N-ethyl adjacent to an activating group) is 1. The van der Waals surface area contributed by atoms with Gasteiger partial charge in [-0.15, -0.1) is 9.24 Å². The Balaban J connectivity index is 1.26. The number of piperidine rings is 1. The molecule has 0 spiro atoms. The molecule has 9 nitrogen and oxygen atoms in total. The molecule has 41 heavy (non-hydrogen) atoms. The van der Waals surface area contributed by atoms with Crippen molar-refractivity contribution in [2.75, 3.05) is 82.1 Å². The Hall–Kier alpha value is -2.58. The summed E-state index contributed by atoms with van der Waals surface area (Å²) in [4.78, 5) is 22.8. The number of benzene rings is 1. The molecule has 6 rings (SSSR count). The quantitative estimate of drug-likeness (QED) is 0.410. The highest BCUT2D eigenvalue weighted by molar-refractivity contribution is 7.28. The standard InChI is InChI=1S/C31H45N8OP/c1-4-26-30(34-21-9-17-40-18-10-21)36-28-25(20-33-31(32-2)29(28)35-26)24-6-5-23(19-27(24)41)38-11-7-22(8-12-38)39-15-13-37(3)14-16-39/h5-6,19-22H,4,7-18,41H2,1-3H3,(H,32,33)(H,34,36). The number of rotatable bonds is 7. The maximum Gasteiger partial charge on any atom is 0.153 e. The van der Waals surface area contributed by atoms with Crippen molar-refractivity contribution in [3.8, 4) is 11.1 Å². The molecule has 2 aromatic heterocycles. The molecule has 0 saturated carbocycles. The van der Waals surface area contributed by atoms with E-state index in [1.165, 1.54) is 44.7 Å². The summed E-state index contributed by atoms with van der Waals surface area (Å²) in [7, 11) is 7.10. The van der Waals surface area contributed by atoms with Crippen LogP contribution in [-0.4, -0.2) is 103 Å². The molecule has 1 aromatic carbocycles. The Labute approximate surface area is 246 Å². The largest absolute Gasteiger partial charge is 0.381 e. The highest BCUT2D eigenvalue weighted by Crippen LogP contribution is 2.33. The van der Waals surface area contributed by atoms with Gasteiger partial charge in [0.15, 0.2) is 5.82 Å². The second kappa shape index (κ2) is 12.7. The number of pyridine rings is 1. The summed E-state index contributed by atoms with van der Waals surface area (Å²) < 4.78 is 5.57. The summed E-state index contributed by atoms with van der Waals surface area (Å²) in [5.41, 5.74) is 6.09. The van der Waals surface area contributed by atoms with Crippen LogP contribution in [0.2, 0.25) is 0 Å². The van der Waals surface area contributed by atoms with E-state index in [1.54, 1.807) is 0 Å². The van der Waals surface area contributed by atoms with Crippen molar-refractivity contribution in [2.45, 2.75) is 51.1 Å². The Morgan fingerprint density at radius 2 is 1.68 bits per heavy atom. The molecule has 3 aromatic rings. The maximum atomic E-state index is 5.57. The van der Waals surface area contributed by atoms with Gasteiger partial charge in [0, 0.05) is 89.1 Å². The first-order chi connectivity index (χ1) is 20.0. The highest BCUT2D eigenvalue weighted by atomic mass is 31.0. The van der Waals surface area contributed by atoms with Crippen LogP contribution in [0.4, 0.5) is 17.3 Å². The van der Waals surface area contributed by atoms with Gasteiger partial charge < -0.3 is 25.2 Å². The number of hydrogen-bond acceptors (Lipinski definition) is 9. The third kappa shape index (κ3) is 6.14. The number of nitrogens with zero attached hydrogens (tertiary/aromatic N) is 6. The predicted octanol–water partition coefficient (Wildman–Crippen LogP) is 3.60. The Morgan fingerprint density at radius 1 is 0.927 bits per heavy atom. The SMILES string of the molecule is CCc1nc2c(NC)ncc(-c3ccc(N4CCC(N5CCN(C)CC5)CC4)cc3P)c2nc1NC1CCOCC1. The van der Waals surface area contributed by atoms with E-state index < -0.39 is 0 Å². The molecule has 10 heteroatoms. The number of hydrogen-bond donors (Lipinski definition) is 2. The van der Waals surface area contributed by atoms with Crippen molar-refractivity contribution in [3.63, 3.8) is 0 Å². The molecule has 3 aliphatic rings. The number of aromatic nitrogens is 3. The summed E-state index contributed by atoms with van der Waals surface area (Å²) >= 11 is 0. The Morgan fingerprint density at radius 3 is 2.37 bits per heavy atom. The van der Waals surface area contributed by atoms with Crippen LogP contribution in [0.25, 0.3) is 22.2 Å². The van der Waals surface area contributed by atoms with Crippen LogP contribution in [-0.2, 0) is 11.2 Å². The molecule has 0 amide bonds. The van der Waals surface area contributed by atoms with Gasteiger partial charge in [0.1, 0.15) is 16.9 Å². The molecule has 0 radical (unpaired) electrons. The zero-order valence-corrected chi connectivity index (χ0v) is 26.0. The van der Waals surface area contributed by atoms with Gasteiger partial charge in [-0.05, 0) is 62.2 Å². The average molecular weight is 577 g/mol. The molecule has 2 N–H and O–H groups in total. The number of fused-ring (bicyclic) bond motifs is 1. The molecule has 220 valence electrons. The zero-order valence-electron chi connectivity index (χ0n) is 24.8. The average Bonchev–Trinajstić information content (AvgIpc) is 3.01. The number of nitrogens with one attached hydrogen (secondary N) is 2. The van der Waals surface area contributed by atoms with Crippen molar-refractivity contribution in [2.24, 2.45) is 0 Å². The predicted molar refractivity (Wildman–Crippen MR) is 173 cm³/mol. The third-order valence-electron chi connectivity index (χ3n) is 9.11. The second-order valence-corrected chi connectivity index (χ2v) is 12.3.